The number of carbonyl (C=O) groups is 5. The lowest BCUT2D eigenvalue weighted by atomic mass is 9.90. The normalized spacial score (nSPS) is 18.7. The Labute approximate surface area is 290 Å². The second-order valence-electron chi connectivity index (χ2n) is 9.89. The van der Waals surface area contributed by atoms with E-state index in [1.807, 2.05) is 0 Å². The number of aromatic nitrogens is 1. The van der Waals surface area contributed by atoms with Gasteiger partial charge in [-0.05, 0) is 37.8 Å². The Kier molecular flexibility index (Phi) is 19.6. The number of nitrogens with one attached hydrogen (secondary N) is 2. The van der Waals surface area contributed by atoms with Crippen LogP contribution >= 0.6 is 23.4 Å². The van der Waals surface area contributed by atoms with E-state index in [9.17, 15) is 49.1 Å². The first-order valence-corrected chi connectivity index (χ1v) is 15.2. The SMILES string of the molecule is N#CC1CSCN1C(=O)CN(N)C1CCC(NCC(=O)Nc2ccc(Cl)cn2)CC1.O=C(O)C(F)(F)F.O=C(O)C(F)(F)F.O=C(O)C(F)(F)F. The molecule has 1 unspecified atom stereocenters. The largest absolute Gasteiger partial charge is 0.490 e. The highest BCUT2D eigenvalue weighted by molar-refractivity contribution is 7.99. The first-order chi connectivity index (χ1) is 23.3. The number of halogens is 10. The van der Waals surface area contributed by atoms with Gasteiger partial charge in [0.25, 0.3) is 0 Å². The molecule has 0 aromatic carbocycles. The summed E-state index contributed by atoms with van der Waals surface area (Å²) in [6.07, 6.45) is -10.3. The average molecular weight is 794 g/mol. The summed E-state index contributed by atoms with van der Waals surface area (Å²) in [6.45, 7) is 0.324. The molecule has 2 heterocycles. The molecule has 0 bridgehead atoms. The molecular formula is C25H29ClF9N7O8S. The van der Waals surface area contributed by atoms with Crippen molar-refractivity contribution in [3.63, 3.8) is 0 Å². The Morgan fingerprint density at radius 2 is 1.41 bits per heavy atom. The van der Waals surface area contributed by atoms with Gasteiger partial charge in [0.15, 0.2) is 0 Å². The number of alkyl halides is 9. The first-order valence-electron chi connectivity index (χ1n) is 13.6. The topological polar surface area (TPSA) is 239 Å². The van der Waals surface area contributed by atoms with E-state index in [0.717, 1.165) is 25.7 Å². The van der Waals surface area contributed by atoms with Crippen LogP contribution in [0.25, 0.3) is 0 Å². The van der Waals surface area contributed by atoms with Crippen molar-refractivity contribution in [3.05, 3.63) is 23.4 Å². The number of hydrogen-bond donors (Lipinski definition) is 6. The highest BCUT2D eigenvalue weighted by Gasteiger charge is 2.39. The predicted molar refractivity (Wildman–Crippen MR) is 157 cm³/mol. The number of carboxylic acids is 3. The Morgan fingerprint density at radius 1 is 0.941 bits per heavy atom. The summed E-state index contributed by atoms with van der Waals surface area (Å²) in [4.78, 5) is 56.9. The number of nitriles is 1. The molecule has 1 saturated carbocycles. The molecule has 7 N–H and O–H groups in total. The van der Waals surface area contributed by atoms with Crippen LogP contribution in [0.3, 0.4) is 0 Å². The van der Waals surface area contributed by atoms with Gasteiger partial charge in [-0.3, -0.25) is 15.4 Å². The van der Waals surface area contributed by atoms with Gasteiger partial charge in [-0.2, -0.15) is 44.8 Å². The van der Waals surface area contributed by atoms with Crippen LogP contribution in [0.4, 0.5) is 45.3 Å². The van der Waals surface area contributed by atoms with Crippen LogP contribution in [0.2, 0.25) is 5.02 Å². The third kappa shape index (κ3) is 19.7. The fourth-order valence-electron chi connectivity index (χ4n) is 3.66. The van der Waals surface area contributed by atoms with Gasteiger partial charge in [0, 0.05) is 24.0 Å². The Balaban J connectivity index is 0.000000966. The number of hydrazine groups is 1. The third-order valence-electron chi connectivity index (χ3n) is 6.11. The number of rotatable bonds is 7. The van der Waals surface area contributed by atoms with E-state index in [4.69, 9.17) is 52.4 Å². The fourth-order valence-corrected chi connectivity index (χ4v) is 4.87. The maximum absolute atomic E-state index is 12.4. The van der Waals surface area contributed by atoms with Crippen molar-refractivity contribution < 1.29 is 78.8 Å². The van der Waals surface area contributed by atoms with Crippen LogP contribution in [0.15, 0.2) is 18.3 Å². The van der Waals surface area contributed by atoms with Crippen molar-refractivity contribution in [2.45, 2.75) is 62.3 Å². The van der Waals surface area contributed by atoms with Crippen molar-refractivity contribution in [2.75, 3.05) is 30.0 Å². The quantitative estimate of drug-likeness (QED) is 0.132. The smallest absolute Gasteiger partial charge is 0.475 e. The molecule has 2 aliphatic rings. The molecule has 1 atom stereocenters. The number of thioether (sulfide) groups is 1. The maximum Gasteiger partial charge on any atom is 0.490 e. The molecular weight excluding hydrogens is 765 g/mol. The predicted octanol–water partition coefficient (Wildman–Crippen LogP) is 3.07. The highest BCUT2D eigenvalue weighted by atomic mass is 35.5. The van der Waals surface area contributed by atoms with Gasteiger partial charge in [0.1, 0.15) is 11.9 Å². The molecule has 2 amide bonds. The summed E-state index contributed by atoms with van der Waals surface area (Å²) < 4.78 is 95.2. The van der Waals surface area contributed by atoms with Crippen molar-refractivity contribution >= 4 is 58.9 Å². The zero-order valence-corrected chi connectivity index (χ0v) is 27.1. The number of nitrogens with two attached hydrogens (primary N) is 1. The van der Waals surface area contributed by atoms with E-state index in [1.54, 1.807) is 33.8 Å². The molecule has 15 nitrogen and oxygen atoms in total. The van der Waals surface area contributed by atoms with Gasteiger partial charge in [-0.15, -0.1) is 11.8 Å². The Hall–Kier alpha value is -4.12. The molecule has 0 radical (unpaired) electrons. The van der Waals surface area contributed by atoms with Gasteiger partial charge in [0.05, 0.1) is 30.1 Å². The van der Waals surface area contributed by atoms with Crippen LogP contribution in [0.5, 0.6) is 0 Å². The minimum atomic E-state index is -5.08. The van der Waals surface area contributed by atoms with E-state index in [0.29, 0.717) is 22.5 Å². The van der Waals surface area contributed by atoms with E-state index in [2.05, 4.69) is 21.7 Å². The van der Waals surface area contributed by atoms with Crippen molar-refractivity contribution in [2.24, 2.45) is 5.84 Å². The number of amides is 2. The number of carbonyl (C=O) groups excluding carboxylic acids is 2. The average Bonchev–Trinajstić information content (AvgIpc) is 3.50. The van der Waals surface area contributed by atoms with Gasteiger partial charge >= 0.3 is 36.4 Å². The third-order valence-corrected chi connectivity index (χ3v) is 7.34. The number of nitrogens with zero attached hydrogens (tertiary/aromatic N) is 4. The fraction of sp³-hybridized carbons (Fsp3) is 0.560. The summed E-state index contributed by atoms with van der Waals surface area (Å²) in [5.74, 6) is -0.687. The van der Waals surface area contributed by atoms with E-state index < -0.39 is 36.4 Å². The van der Waals surface area contributed by atoms with E-state index in [1.165, 1.54) is 6.20 Å². The number of pyridine rings is 1. The number of aliphatic carboxylic acids is 3. The first kappa shape index (κ1) is 46.9. The van der Waals surface area contributed by atoms with Gasteiger partial charge < -0.3 is 30.9 Å². The molecule has 1 aromatic heterocycles. The molecule has 51 heavy (non-hydrogen) atoms. The Bertz CT molecular complexity index is 1300. The van der Waals surface area contributed by atoms with Crippen LogP contribution in [-0.4, -0.2) is 121 Å². The van der Waals surface area contributed by atoms with Gasteiger partial charge in [0.2, 0.25) is 11.8 Å². The summed E-state index contributed by atoms with van der Waals surface area (Å²) in [5.41, 5.74) is 0. The molecule has 1 aromatic rings. The van der Waals surface area contributed by atoms with Crippen molar-refractivity contribution in [3.8, 4) is 6.07 Å². The van der Waals surface area contributed by atoms with Crippen molar-refractivity contribution in [1.29, 1.82) is 5.26 Å². The molecule has 288 valence electrons. The van der Waals surface area contributed by atoms with Crippen molar-refractivity contribution in [1.82, 2.24) is 20.2 Å². The number of anilines is 1. The molecule has 0 spiro atoms. The van der Waals surface area contributed by atoms with E-state index in [-0.39, 0.29) is 43.0 Å². The lowest BCUT2D eigenvalue weighted by Gasteiger charge is -2.35. The zero-order chi connectivity index (χ0) is 39.7. The molecule has 2 fully saturated rings. The molecule has 3 rings (SSSR count). The van der Waals surface area contributed by atoms with Gasteiger partial charge in [-0.1, -0.05) is 11.6 Å². The minimum absolute atomic E-state index is 0.0956. The summed E-state index contributed by atoms with van der Waals surface area (Å²) in [6, 6.07) is 5.49. The molecule has 1 aliphatic carbocycles. The zero-order valence-electron chi connectivity index (χ0n) is 25.6. The maximum atomic E-state index is 12.4. The van der Waals surface area contributed by atoms with Crippen LogP contribution < -0.4 is 16.5 Å². The minimum Gasteiger partial charge on any atom is -0.475 e. The highest BCUT2D eigenvalue weighted by Crippen LogP contribution is 2.24. The number of hydrogen-bond acceptors (Lipinski definition) is 11. The lowest BCUT2D eigenvalue weighted by Crippen LogP contribution is -2.51. The van der Waals surface area contributed by atoms with E-state index >= 15 is 0 Å². The van der Waals surface area contributed by atoms with Crippen LogP contribution in [0.1, 0.15) is 25.7 Å². The van der Waals surface area contributed by atoms with Crippen LogP contribution in [0, 0.1) is 11.3 Å². The second kappa shape index (κ2) is 21.3. The number of carboxylic acid groups (broad SMARTS) is 3. The monoisotopic (exact) mass is 793 g/mol. The molecule has 1 saturated heterocycles. The Morgan fingerprint density at radius 3 is 1.80 bits per heavy atom. The lowest BCUT2D eigenvalue weighted by molar-refractivity contribution is -0.193. The van der Waals surface area contributed by atoms with Gasteiger partial charge in [-0.25, -0.2) is 24.4 Å². The summed E-state index contributed by atoms with van der Waals surface area (Å²) in [5, 5.41) is 38.6. The molecule has 1 aliphatic heterocycles. The summed E-state index contributed by atoms with van der Waals surface area (Å²) >= 11 is 7.37. The van der Waals surface area contributed by atoms with Crippen LogP contribution in [-0.2, 0) is 24.0 Å². The molecule has 26 heteroatoms. The standard InChI is InChI=1S/C19H26ClN7O2S.3C2HF3O2/c20-13-1-6-17(24-8-13)25-18(28)9-23-14-2-4-15(5-3-14)27(22)10-19(29)26-12-30-11-16(26)7-21;3*3-2(4,5)1(6)7/h1,6,8,14-16,23H,2-5,9-12,22H2,(H,24,25,28);3*(H,6,7). The second-order valence-corrected chi connectivity index (χ2v) is 11.3. The summed E-state index contributed by atoms with van der Waals surface area (Å²) in [7, 11) is 0.